The quantitative estimate of drug-likeness (QED) is 0.718. The molecule has 21 heavy (non-hydrogen) atoms. The molecular weight excluding hydrogens is 266 g/mol. The van der Waals surface area contributed by atoms with Crippen molar-refractivity contribution < 1.29 is 9.59 Å². The highest BCUT2D eigenvalue weighted by molar-refractivity contribution is 5.81. The van der Waals surface area contributed by atoms with Gasteiger partial charge in [-0.25, -0.2) is 0 Å². The summed E-state index contributed by atoms with van der Waals surface area (Å²) in [5, 5.41) is 6.04. The molecular formula is C16H29N3O2. The lowest BCUT2D eigenvalue weighted by Gasteiger charge is -2.27. The van der Waals surface area contributed by atoms with Crippen LogP contribution in [-0.4, -0.2) is 29.9 Å². The summed E-state index contributed by atoms with van der Waals surface area (Å²) < 4.78 is 0. The van der Waals surface area contributed by atoms with Crippen molar-refractivity contribution in [3.63, 3.8) is 0 Å². The molecule has 2 saturated carbocycles. The maximum absolute atomic E-state index is 12.0. The summed E-state index contributed by atoms with van der Waals surface area (Å²) >= 11 is 0. The van der Waals surface area contributed by atoms with E-state index in [4.69, 9.17) is 5.73 Å². The van der Waals surface area contributed by atoms with Gasteiger partial charge >= 0.3 is 0 Å². The predicted octanol–water partition coefficient (Wildman–Crippen LogP) is 1.46. The number of hydrogen-bond donors (Lipinski definition) is 3. The largest absolute Gasteiger partial charge is 0.353 e. The fourth-order valence-electron chi connectivity index (χ4n) is 3.43. The molecule has 4 N–H and O–H groups in total. The average Bonchev–Trinajstić information content (AvgIpc) is 2.95. The number of carbonyl (C=O) groups excluding carboxylic acids is 2. The summed E-state index contributed by atoms with van der Waals surface area (Å²) in [4.78, 5) is 24.0. The molecule has 2 aliphatic rings. The molecule has 2 aliphatic carbocycles. The van der Waals surface area contributed by atoms with Gasteiger partial charge in [0.05, 0.1) is 0 Å². The highest BCUT2D eigenvalue weighted by atomic mass is 16.2. The molecule has 0 radical (unpaired) electrons. The van der Waals surface area contributed by atoms with Gasteiger partial charge in [0.2, 0.25) is 11.8 Å². The van der Waals surface area contributed by atoms with Crippen molar-refractivity contribution in [2.45, 2.75) is 82.8 Å². The molecule has 1 atom stereocenters. The van der Waals surface area contributed by atoms with Crippen molar-refractivity contribution in [1.29, 1.82) is 0 Å². The first-order chi connectivity index (χ1) is 10.0. The summed E-state index contributed by atoms with van der Waals surface area (Å²) in [6.45, 7) is 1.91. The SMILES string of the molecule is CC(CC(=O)NC1CCC(N)CC1)NC(=O)C1CCCC1. The van der Waals surface area contributed by atoms with Gasteiger partial charge in [-0.05, 0) is 45.4 Å². The van der Waals surface area contributed by atoms with Gasteiger partial charge in [-0.1, -0.05) is 12.8 Å². The van der Waals surface area contributed by atoms with E-state index in [2.05, 4.69) is 10.6 Å². The molecule has 5 heteroatoms. The van der Waals surface area contributed by atoms with E-state index in [1.807, 2.05) is 6.92 Å². The van der Waals surface area contributed by atoms with Gasteiger partial charge in [-0.2, -0.15) is 0 Å². The van der Waals surface area contributed by atoms with Gasteiger partial charge in [-0.3, -0.25) is 9.59 Å². The Labute approximate surface area is 127 Å². The smallest absolute Gasteiger partial charge is 0.223 e. The highest BCUT2D eigenvalue weighted by Crippen LogP contribution is 2.24. The molecule has 0 aliphatic heterocycles. The Kier molecular flexibility index (Phi) is 6.03. The van der Waals surface area contributed by atoms with Crippen LogP contribution >= 0.6 is 0 Å². The van der Waals surface area contributed by atoms with Crippen LogP contribution in [0.3, 0.4) is 0 Å². The second kappa shape index (κ2) is 7.78. The van der Waals surface area contributed by atoms with Crippen molar-refractivity contribution in [3.8, 4) is 0 Å². The standard InChI is InChI=1S/C16H29N3O2/c1-11(18-16(21)12-4-2-3-5-12)10-15(20)19-14-8-6-13(17)7-9-14/h11-14H,2-10,17H2,1H3,(H,18,21)(H,19,20). The molecule has 0 saturated heterocycles. The molecule has 0 spiro atoms. The van der Waals surface area contributed by atoms with Crippen LogP contribution in [0.15, 0.2) is 0 Å². The molecule has 2 rings (SSSR count). The lowest BCUT2D eigenvalue weighted by atomic mass is 9.91. The van der Waals surface area contributed by atoms with Gasteiger partial charge in [-0.15, -0.1) is 0 Å². The maximum atomic E-state index is 12.0. The van der Waals surface area contributed by atoms with Crippen molar-refractivity contribution in [3.05, 3.63) is 0 Å². The van der Waals surface area contributed by atoms with Crippen molar-refractivity contribution in [2.24, 2.45) is 11.7 Å². The zero-order chi connectivity index (χ0) is 15.2. The lowest BCUT2D eigenvalue weighted by Crippen LogP contribution is -2.44. The Morgan fingerprint density at radius 3 is 2.33 bits per heavy atom. The molecule has 0 aromatic carbocycles. The molecule has 120 valence electrons. The molecule has 1 unspecified atom stereocenters. The summed E-state index contributed by atoms with van der Waals surface area (Å²) in [5.74, 6) is 0.321. The Morgan fingerprint density at radius 1 is 1.10 bits per heavy atom. The second-order valence-electron chi connectivity index (χ2n) is 6.77. The van der Waals surface area contributed by atoms with Gasteiger partial charge in [0.1, 0.15) is 0 Å². The van der Waals surface area contributed by atoms with Crippen LogP contribution in [0.4, 0.5) is 0 Å². The minimum atomic E-state index is -0.0936. The zero-order valence-electron chi connectivity index (χ0n) is 13.1. The minimum Gasteiger partial charge on any atom is -0.353 e. The average molecular weight is 295 g/mol. The Balaban J connectivity index is 1.65. The number of amides is 2. The van der Waals surface area contributed by atoms with Crippen LogP contribution in [0.1, 0.15) is 64.7 Å². The van der Waals surface area contributed by atoms with E-state index in [-0.39, 0.29) is 29.8 Å². The Bertz CT molecular complexity index is 359. The number of nitrogens with one attached hydrogen (secondary N) is 2. The van der Waals surface area contributed by atoms with E-state index in [0.717, 1.165) is 51.4 Å². The van der Waals surface area contributed by atoms with Crippen LogP contribution in [0, 0.1) is 5.92 Å². The first kappa shape index (κ1) is 16.3. The Hall–Kier alpha value is -1.10. The second-order valence-corrected chi connectivity index (χ2v) is 6.77. The normalized spacial score (nSPS) is 28.1. The fraction of sp³-hybridized carbons (Fsp3) is 0.875. The van der Waals surface area contributed by atoms with E-state index >= 15 is 0 Å². The molecule has 2 fully saturated rings. The number of rotatable bonds is 5. The molecule has 0 aromatic rings. The van der Waals surface area contributed by atoms with Crippen LogP contribution < -0.4 is 16.4 Å². The maximum Gasteiger partial charge on any atom is 0.223 e. The topological polar surface area (TPSA) is 84.2 Å². The predicted molar refractivity (Wildman–Crippen MR) is 82.6 cm³/mol. The molecule has 0 aromatic heterocycles. The molecule has 0 bridgehead atoms. The van der Waals surface area contributed by atoms with E-state index in [1.54, 1.807) is 0 Å². The third-order valence-electron chi connectivity index (χ3n) is 4.74. The Morgan fingerprint density at radius 2 is 1.71 bits per heavy atom. The lowest BCUT2D eigenvalue weighted by molar-refractivity contribution is -0.126. The van der Waals surface area contributed by atoms with Gasteiger partial charge in [0, 0.05) is 30.5 Å². The first-order valence-corrected chi connectivity index (χ1v) is 8.40. The van der Waals surface area contributed by atoms with E-state index < -0.39 is 0 Å². The van der Waals surface area contributed by atoms with E-state index in [1.165, 1.54) is 0 Å². The van der Waals surface area contributed by atoms with E-state index in [9.17, 15) is 9.59 Å². The van der Waals surface area contributed by atoms with Gasteiger partial charge in [0.15, 0.2) is 0 Å². The molecule has 5 nitrogen and oxygen atoms in total. The van der Waals surface area contributed by atoms with Crippen molar-refractivity contribution >= 4 is 11.8 Å². The molecule has 0 heterocycles. The summed E-state index contributed by atoms with van der Waals surface area (Å²) in [6, 6.07) is 0.460. The monoisotopic (exact) mass is 295 g/mol. The third kappa shape index (κ3) is 5.30. The van der Waals surface area contributed by atoms with Crippen molar-refractivity contribution in [2.75, 3.05) is 0 Å². The van der Waals surface area contributed by atoms with Crippen LogP contribution in [0.2, 0.25) is 0 Å². The van der Waals surface area contributed by atoms with E-state index in [0.29, 0.717) is 12.5 Å². The van der Waals surface area contributed by atoms with Crippen LogP contribution in [0.5, 0.6) is 0 Å². The van der Waals surface area contributed by atoms with Crippen LogP contribution in [-0.2, 0) is 9.59 Å². The summed E-state index contributed by atoms with van der Waals surface area (Å²) in [5.41, 5.74) is 5.86. The minimum absolute atomic E-state index is 0.0368. The number of hydrogen-bond acceptors (Lipinski definition) is 3. The molecule has 2 amide bonds. The highest BCUT2D eigenvalue weighted by Gasteiger charge is 2.25. The number of carbonyl (C=O) groups is 2. The van der Waals surface area contributed by atoms with Crippen molar-refractivity contribution in [1.82, 2.24) is 10.6 Å². The third-order valence-corrected chi connectivity index (χ3v) is 4.74. The number of nitrogens with two attached hydrogens (primary N) is 1. The summed E-state index contributed by atoms with van der Waals surface area (Å²) in [7, 11) is 0. The van der Waals surface area contributed by atoms with Gasteiger partial charge in [0.25, 0.3) is 0 Å². The van der Waals surface area contributed by atoms with Crippen LogP contribution in [0.25, 0.3) is 0 Å². The zero-order valence-corrected chi connectivity index (χ0v) is 13.1. The summed E-state index contributed by atoms with van der Waals surface area (Å²) in [6.07, 6.45) is 8.55. The van der Waals surface area contributed by atoms with Gasteiger partial charge < -0.3 is 16.4 Å². The first-order valence-electron chi connectivity index (χ1n) is 8.40. The fourth-order valence-corrected chi connectivity index (χ4v) is 3.43.